The first-order valence-corrected chi connectivity index (χ1v) is 13.5. The van der Waals surface area contributed by atoms with Gasteiger partial charge in [0.25, 0.3) is 0 Å². The van der Waals surface area contributed by atoms with Crippen molar-refractivity contribution in [2.24, 2.45) is 0 Å². The molecule has 0 unspecified atom stereocenters. The summed E-state index contributed by atoms with van der Waals surface area (Å²) in [4.78, 5) is 4.47. The summed E-state index contributed by atoms with van der Waals surface area (Å²) in [6, 6.07) is 2.28. The van der Waals surface area contributed by atoms with E-state index in [2.05, 4.69) is 50.3 Å². The third kappa shape index (κ3) is 3.53. The molecule has 0 bridgehead atoms. The monoisotopic (exact) mass is 276 g/mol. The predicted molar refractivity (Wildman–Crippen MR) is 84.1 cm³/mol. The van der Waals surface area contributed by atoms with E-state index in [0.717, 1.165) is 6.42 Å². The Morgan fingerprint density at radius 1 is 1.00 bits per heavy atom. The van der Waals surface area contributed by atoms with Gasteiger partial charge in [0.2, 0.25) is 0 Å². The lowest BCUT2D eigenvalue weighted by Crippen LogP contribution is -2.49. The molecule has 0 radical (unpaired) electrons. The summed E-state index contributed by atoms with van der Waals surface area (Å²) < 4.78 is 0. The quantitative estimate of drug-likeness (QED) is 0.793. The lowest BCUT2D eigenvalue weighted by atomic mass is 10.1. The third-order valence-corrected chi connectivity index (χ3v) is 7.25. The van der Waals surface area contributed by atoms with Gasteiger partial charge in [0.05, 0.1) is 22.2 Å². The minimum Gasteiger partial charge on any atom is -0.265 e. The number of hydrogen-bond acceptors (Lipinski definition) is 2. The molecular weight excluding hydrogens is 252 g/mol. The van der Waals surface area contributed by atoms with E-state index in [1.807, 2.05) is 12.4 Å². The predicted octanol–water partition coefficient (Wildman–Crippen LogP) is 2.63. The fourth-order valence-electron chi connectivity index (χ4n) is 2.23. The SMILES string of the molecule is C[Si](C)(C)c1cncc([Si](C)(C)C)c1CCC#N. The average Bonchev–Trinajstić information content (AvgIpc) is 2.23. The zero-order valence-corrected chi connectivity index (χ0v) is 14.5. The van der Waals surface area contributed by atoms with Crippen molar-refractivity contribution in [2.75, 3.05) is 0 Å². The fourth-order valence-corrected chi connectivity index (χ4v) is 5.61. The summed E-state index contributed by atoms with van der Waals surface area (Å²) in [5, 5.41) is 11.8. The molecule has 0 fully saturated rings. The summed E-state index contributed by atoms with van der Waals surface area (Å²) in [5.41, 5.74) is 1.44. The van der Waals surface area contributed by atoms with E-state index in [0.29, 0.717) is 6.42 Å². The van der Waals surface area contributed by atoms with Gasteiger partial charge in [0.15, 0.2) is 0 Å². The summed E-state index contributed by atoms with van der Waals surface area (Å²) in [6.45, 7) is 14.1. The molecule has 1 aromatic rings. The molecule has 0 saturated carbocycles. The second-order valence-electron chi connectivity index (χ2n) is 6.87. The van der Waals surface area contributed by atoms with Crippen LogP contribution in [0.3, 0.4) is 0 Å². The van der Waals surface area contributed by atoms with E-state index in [1.54, 1.807) is 0 Å². The van der Waals surface area contributed by atoms with Crippen LogP contribution in [0.25, 0.3) is 0 Å². The van der Waals surface area contributed by atoms with Gasteiger partial charge in [0.1, 0.15) is 0 Å². The highest BCUT2D eigenvalue weighted by Gasteiger charge is 2.27. The van der Waals surface area contributed by atoms with Crippen molar-refractivity contribution in [1.82, 2.24) is 4.98 Å². The Balaban J connectivity index is 3.41. The molecular formula is C14H24N2Si2. The molecule has 0 saturated heterocycles. The van der Waals surface area contributed by atoms with Crippen molar-refractivity contribution in [3.63, 3.8) is 0 Å². The van der Waals surface area contributed by atoms with Gasteiger partial charge in [-0.25, -0.2) is 0 Å². The van der Waals surface area contributed by atoms with Crippen molar-refractivity contribution < 1.29 is 0 Å². The molecule has 1 aromatic heterocycles. The van der Waals surface area contributed by atoms with Crippen molar-refractivity contribution in [1.29, 1.82) is 5.26 Å². The van der Waals surface area contributed by atoms with Crippen LogP contribution in [0.2, 0.25) is 39.3 Å². The van der Waals surface area contributed by atoms with E-state index < -0.39 is 16.1 Å². The lowest BCUT2D eigenvalue weighted by Gasteiger charge is -2.27. The molecule has 1 heterocycles. The second kappa shape index (κ2) is 5.37. The summed E-state index contributed by atoms with van der Waals surface area (Å²) in [5.74, 6) is 0. The highest BCUT2D eigenvalue weighted by molar-refractivity contribution is 6.92. The number of nitriles is 1. The largest absolute Gasteiger partial charge is 0.265 e. The Labute approximate surface area is 113 Å². The Bertz CT molecular complexity index is 430. The molecule has 4 heteroatoms. The molecule has 0 aliphatic carbocycles. The molecule has 98 valence electrons. The molecule has 0 aliphatic heterocycles. The topological polar surface area (TPSA) is 36.7 Å². The average molecular weight is 277 g/mol. The standard InChI is InChI=1S/C14H24N2Si2/c1-17(2,3)13-10-16-11-14(18(4,5)6)12(13)8-7-9-15/h10-11H,7-8H2,1-6H3. The molecule has 18 heavy (non-hydrogen) atoms. The number of aromatic nitrogens is 1. The van der Waals surface area contributed by atoms with Gasteiger partial charge >= 0.3 is 0 Å². The van der Waals surface area contributed by atoms with E-state index >= 15 is 0 Å². The van der Waals surface area contributed by atoms with E-state index in [-0.39, 0.29) is 0 Å². The molecule has 0 aliphatic rings. The van der Waals surface area contributed by atoms with Crippen molar-refractivity contribution in [2.45, 2.75) is 52.1 Å². The Morgan fingerprint density at radius 2 is 1.44 bits per heavy atom. The maximum Gasteiger partial charge on any atom is 0.0799 e. The van der Waals surface area contributed by atoms with Crippen LogP contribution in [0.1, 0.15) is 12.0 Å². The zero-order valence-electron chi connectivity index (χ0n) is 12.5. The summed E-state index contributed by atoms with van der Waals surface area (Å²) in [6.07, 6.45) is 5.59. The molecule has 1 rings (SSSR count). The fraction of sp³-hybridized carbons (Fsp3) is 0.571. The van der Waals surface area contributed by atoms with E-state index in [4.69, 9.17) is 5.26 Å². The highest BCUT2D eigenvalue weighted by atomic mass is 28.3. The minimum absolute atomic E-state index is 0.610. The van der Waals surface area contributed by atoms with Crippen LogP contribution in [0.5, 0.6) is 0 Å². The van der Waals surface area contributed by atoms with Gasteiger partial charge in [-0.3, -0.25) is 4.98 Å². The maximum absolute atomic E-state index is 8.87. The van der Waals surface area contributed by atoms with Gasteiger partial charge < -0.3 is 0 Å². The first kappa shape index (κ1) is 15.1. The molecule has 0 amide bonds. The third-order valence-electron chi connectivity index (χ3n) is 3.16. The van der Waals surface area contributed by atoms with Crippen LogP contribution in [-0.2, 0) is 6.42 Å². The van der Waals surface area contributed by atoms with E-state index in [9.17, 15) is 0 Å². The molecule has 0 aromatic carbocycles. The highest BCUT2D eigenvalue weighted by Crippen LogP contribution is 2.11. The van der Waals surface area contributed by atoms with Crippen LogP contribution >= 0.6 is 0 Å². The molecule has 0 N–H and O–H groups in total. The number of nitrogens with zero attached hydrogens (tertiary/aromatic N) is 2. The maximum atomic E-state index is 8.87. The number of hydrogen-bond donors (Lipinski definition) is 0. The van der Waals surface area contributed by atoms with Gasteiger partial charge in [-0.15, -0.1) is 0 Å². The Hall–Kier alpha value is -0.926. The van der Waals surface area contributed by atoms with Crippen LogP contribution in [0.15, 0.2) is 12.4 Å². The van der Waals surface area contributed by atoms with Crippen LogP contribution < -0.4 is 10.4 Å². The van der Waals surface area contributed by atoms with Crippen LogP contribution in [-0.4, -0.2) is 21.1 Å². The van der Waals surface area contributed by atoms with Gasteiger partial charge in [-0.1, -0.05) is 39.3 Å². The van der Waals surface area contributed by atoms with Crippen molar-refractivity contribution in [3.05, 3.63) is 18.0 Å². The van der Waals surface area contributed by atoms with Gasteiger partial charge in [-0.2, -0.15) is 5.26 Å². The molecule has 0 spiro atoms. The van der Waals surface area contributed by atoms with E-state index in [1.165, 1.54) is 15.9 Å². The minimum atomic E-state index is -1.39. The molecule has 2 nitrogen and oxygen atoms in total. The zero-order chi connectivity index (χ0) is 14.0. The second-order valence-corrected chi connectivity index (χ2v) is 16.9. The lowest BCUT2D eigenvalue weighted by molar-refractivity contribution is 1.02. The smallest absolute Gasteiger partial charge is 0.0799 e. The van der Waals surface area contributed by atoms with Crippen LogP contribution in [0.4, 0.5) is 0 Å². The normalized spacial score (nSPS) is 12.3. The first-order valence-electron chi connectivity index (χ1n) is 6.52. The number of pyridine rings is 1. The van der Waals surface area contributed by atoms with Gasteiger partial charge in [-0.05, 0) is 22.4 Å². The number of rotatable bonds is 4. The Kier molecular flexibility index (Phi) is 4.52. The Morgan fingerprint density at radius 3 is 1.78 bits per heavy atom. The van der Waals surface area contributed by atoms with Crippen molar-refractivity contribution in [3.8, 4) is 6.07 Å². The first-order chi connectivity index (χ1) is 8.18. The molecule has 0 atom stereocenters. The summed E-state index contributed by atoms with van der Waals surface area (Å²) >= 11 is 0. The van der Waals surface area contributed by atoms with Crippen molar-refractivity contribution >= 4 is 26.5 Å². The summed E-state index contributed by atoms with van der Waals surface area (Å²) in [7, 11) is -2.78. The van der Waals surface area contributed by atoms with Crippen LogP contribution in [0, 0.1) is 11.3 Å². The van der Waals surface area contributed by atoms with Gasteiger partial charge in [0, 0.05) is 18.8 Å².